The van der Waals surface area contributed by atoms with E-state index in [0.29, 0.717) is 6.07 Å². The Morgan fingerprint density at radius 1 is 1.23 bits per heavy atom. The molecule has 0 spiro atoms. The van der Waals surface area contributed by atoms with Gasteiger partial charge in [0.25, 0.3) is 0 Å². The molecule has 0 radical (unpaired) electrons. The van der Waals surface area contributed by atoms with Crippen LogP contribution in [-0.4, -0.2) is 23.1 Å². The molecule has 0 aliphatic carbocycles. The topological polar surface area (TPSA) is 0 Å². The van der Waals surface area contributed by atoms with Gasteiger partial charge < -0.3 is 17.0 Å². The zero-order valence-electron chi connectivity index (χ0n) is 6.33. The third-order valence-corrected chi connectivity index (χ3v) is 1.12. The fourth-order valence-electron chi connectivity index (χ4n) is 0.629. The van der Waals surface area contributed by atoms with Gasteiger partial charge in [0.05, 0.1) is 0 Å². The minimum absolute atomic E-state index is 0. The molecule has 0 N–H and O–H groups in total. The average molecular weight is 267 g/mol. The number of halogens is 5. The second-order valence-electron chi connectivity index (χ2n) is 1.90. The van der Waals surface area contributed by atoms with Gasteiger partial charge in [-0.15, -0.1) is 6.07 Å². The van der Waals surface area contributed by atoms with Gasteiger partial charge in [-0.1, -0.05) is 0 Å². The maximum absolute atomic E-state index is 12.3. The smallest absolute Gasteiger partial charge is 1.00 e. The molecule has 6 heteroatoms. The van der Waals surface area contributed by atoms with Crippen molar-refractivity contribution in [2.45, 2.75) is 6.18 Å². The molecule has 0 aliphatic heterocycles. The molecular weight excluding hydrogens is 264 g/mol. The molecule has 1 rings (SSSR count). The molecule has 0 saturated carbocycles. The fourth-order valence-corrected chi connectivity index (χ4v) is 0.629. The van der Waals surface area contributed by atoms with E-state index in [-0.39, 0.29) is 40.0 Å². The summed E-state index contributed by atoms with van der Waals surface area (Å²) in [7, 11) is 0. The monoisotopic (exact) mass is 266 g/mol. The molecule has 0 atom stereocenters. The number of hydrogen-bond donors (Lipinski definition) is 0. The summed E-state index contributed by atoms with van der Waals surface area (Å²) in [4.78, 5) is 0. The van der Waals surface area contributed by atoms with Crippen LogP contribution in [0.3, 0.4) is 0 Å². The van der Waals surface area contributed by atoms with E-state index in [2.05, 4.69) is 6.07 Å². The van der Waals surface area contributed by atoms with Gasteiger partial charge in [-0.3, -0.25) is 0 Å². The Hall–Kier alpha value is 0.186. The second kappa shape index (κ2) is 5.82. The van der Waals surface area contributed by atoms with Crippen molar-refractivity contribution in [1.82, 2.24) is 0 Å². The third kappa shape index (κ3) is 4.28. The molecule has 0 amide bonds. The van der Waals surface area contributed by atoms with Crippen molar-refractivity contribution in [1.29, 1.82) is 0 Å². The van der Waals surface area contributed by atoms with Crippen molar-refractivity contribution >= 4 is 23.1 Å². The standard InChI is InChI=1S/C7H3F4.BrH.Mg/c8-6-4-2-1-3-5(6)7(9,10)11;;/h2-4H;1H;/q-1;;+2/p-1. The summed E-state index contributed by atoms with van der Waals surface area (Å²) in [6.45, 7) is 0. The predicted octanol–water partition coefficient (Wildman–Crippen LogP) is -0.732. The molecule has 0 unspecified atom stereocenters. The molecule has 68 valence electrons. The zero-order chi connectivity index (χ0) is 8.48. The summed E-state index contributed by atoms with van der Waals surface area (Å²) in [6.07, 6.45) is -4.62. The molecule has 0 aromatic heterocycles. The fraction of sp³-hybridized carbons (Fsp3) is 0.143. The van der Waals surface area contributed by atoms with Gasteiger partial charge in [-0.05, 0) is 5.56 Å². The summed E-state index contributed by atoms with van der Waals surface area (Å²) in [5.74, 6) is -1.27. The predicted molar refractivity (Wildman–Crippen MR) is 36.0 cm³/mol. The van der Waals surface area contributed by atoms with E-state index in [1.807, 2.05) is 0 Å². The Morgan fingerprint density at radius 2 is 1.77 bits per heavy atom. The van der Waals surface area contributed by atoms with E-state index in [1.54, 1.807) is 0 Å². The van der Waals surface area contributed by atoms with E-state index in [1.165, 1.54) is 0 Å². The van der Waals surface area contributed by atoms with Crippen LogP contribution in [-0.2, 0) is 6.18 Å². The van der Waals surface area contributed by atoms with Crippen LogP contribution in [0.5, 0.6) is 0 Å². The molecular formula is C7H3BrF4Mg. The molecule has 1 aromatic carbocycles. The van der Waals surface area contributed by atoms with Crippen LogP contribution >= 0.6 is 0 Å². The third-order valence-electron chi connectivity index (χ3n) is 1.12. The van der Waals surface area contributed by atoms with Gasteiger partial charge in [0.2, 0.25) is 0 Å². The minimum atomic E-state index is -4.62. The van der Waals surface area contributed by atoms with Crippen molar-refractivity contribution < 1.29 is 34.5 Å². The number of rotatable bonds is 0. The maximum Gasteiger partial charge on any atom is 2.00 e. The molecule has 0 saturated heterocycles. The zero-order valence-corrected chi connectivity index (χ0v) is 9.33. The molecule has 1 aromatic rings. The van der Waals surface area contributed by atoms with Gasteiger partial charge in [0.15, 0.2) is 0 Å². The Kier molecular flexibility index (Phi) is 7.01. The number of benzene rings is 1. The van der Waals surface area contributed by atoms with E-state index >= 15 is 0 Å². The van der Waals surface area contributed by atoms with E-state index < -0.39 is 17.6 Å². The van der Waals surface area contributed by atoms with Crippen molar-refractivity contribution in [2.75, 3.05) is 0 Å². The SMILES string of the molecule is Fc1cc[c-]cc1C(F)(F)F.[Br-].[Mg+2]. The van der Waals surface area contributed by atoms with Gasteiger partial charge in [0, 0.05) is 5.82 Å². The van der Waals surface area contributed by atoms with Crippen molar-refractivity contribution in [2.24, 2.45) is 0 Å². The van der Waals surface area contributed by atoms with Crippen molar-refractivity contribution in [3.63, 3.8) is 0 Å². The Morgan fingerprint density at radius 3 is 2.08 bits per heavy atom. The average Bonchev–Trinajstić information content (AvgIpc) is 1.86. The van der Waals surface area contributed by atoms with Gasteiger partial charge in [-0.25, -0.2) is 4.39 Å². The van der Waals surface area contributed by atoms with Gasteiger partial charge >= 0.3 is 29.2 Å². The van der Waals surface area contributed by atoms with E-state index in [9.17, 15) is 17.6 Å². The van der Waals surface area contributed by atoms with Crippen LogP contribution in [0.15, 0.2) is 18.2 Å². The molecule has 0 heterocycles. The first-order valence-corrected chi connectivity index (χ1v) is 2.74. The normalized spacial score (nSPS) is 9.85. The molecule has 0 fully saturated rings. The quantitative estimate of drug-likeness (QED) is 0.330. The summed E-state index contributed by atoms with van der Waals surface area (Å²) in [5, 5.41) is 0. The van der Waals surface area contributed by atoms with Crippen LogP contribution in [0.25, 0.3) is 0 Å². The van der Waals surface area contributed by atoms with Crippen LogP contribution in [0.1, 0.15) is 5.56 Å². The van der Waals surface area contributed by atoms with Crippen LogP contribution in [0.2, 0.25) is 0 Å². The first-order chi connectivity index (χ1) is 5.02. The Bertz CT molecular complexity index is 261. The molecule has 13 heavy (non-hydrogen) atoms. The number of alkyl halides is 3. The molecule has 0 nitrogen and oxygen atoms in total. The van der Waals surface area contributed by atoms with E-state index in [0.717, 1.165) is 12.1 Å². The van der Waals surface area contributed by atoms with Gasteiger partial charge in [-0.2, -0.15) is 31.4 Å². The maximum atomic E-state index is 12.3. The summed E-state index contributed by atoms with van der Waals surface area (Å²) in [5.41, 5.74) is -1.28. The van der Waals surface area contributed by atoms with Crippen molar-refractivity contribution in [3.05, 3.63) is 35.6 Å². The summed E-state index contributed by atoms with van der Waals surface area (Å²) in [6, 6.07) is 4.54. The largest absolute Gasteiger partial charge is 2.00 e. The van der Waals surface area contributed by atoms with Crippen molar-refractivity contribution in [3.8, 4) is 0 Å². The first kappa shape index (κ1) is 15.6. The summed E-state index contributed by atoms with van der Waals surface area (Å²) < 4.78 is 47.7. The Labute approximate surface area is 99.2 Å². The second-order valence-corrected chi connectivity index (χ2v) is 1.90. The molecule has 0 aliphatic rings. The summed E-state index contributed by atoms with van der Waals surface area (Å²) >= 11 is 0. The van der Waals surface area contributed by atoms with E-state index in [4.69, 9.17) is 0 Å². The Balaban J connectivity index is 0. The van der Waals surface area contributed by atoms with Gasteiger partial charge in [0.1, 0.15) is 0 Å². The molecule has 0 bridgehead atoms. The minimum Gasteiger partial charge on any atom is -1.00 e. The van der Waals surface area contributed by atoms with Crippen LogP contribution < -0.4 is 17.0 Å². The van der Waals surface area contributed by atoms with Crippen LogP contribution in [0, 0.1) is 11.9 Å². The van der Waals surface area contributed by atoms with Crippen LogP contribution in [0.4, 0.5) is 17.6 Å². The first-order valence-electron chi connectivity index (χ1n) is 2.74. The number of hydrogen-bond acceptors (Lipinski definition) is 0.